The summed E-state index contributed by atoms with van der Waals surface area (Å²) in [5.74, 6) is 0. The van der Waals surface area contributed by atoms with Crippen LogP contribution >= 0.6 is 12.6 Å². The third-order valence-electron chi connectivity index (χ3n) is 0.264. The van der Waals surface area contributed by atoms with Gasteiger partial charge in [0.05, 0.1) is 0 Å². The van der Waals surface area contributed by atoms with E-state index in [0.717, 1.165) is 0 Å². The molecule has 0 aliphatic carbocycles. The molecule has 0 aromatic heterocycles. The summed E-state index contributed by atoms with van der Waals surface area (Å²) in [6.45, 7) is -0.691. The van der Waals surface area contributed by atoms with Gasteiger partial charge in [0.1, 0.15) is 0 Å². The molecule has 0 aromatic rings. The molecule has 0 N–H and O–H groups in total. The molecule has 0 rings (SSSR count). The van der Waals surface area contributed by atoms with Gasteiger partial charge in [-0.15, -0.1) is 0 Å². The van der Waals surface area contributed by atoms with Gasteiger partial charge >= 0.3 is 16.5 Å². The van der Waals surface area contributed by atoms with Crippen LogP contribution in [0.5, 0.6) is 0 Å². The summed E-state index contributed by atoms with van der Waals surface area (Å²) < 4.78 is 0. The van der Waals surface area contributed by atoms with Crippen molar-refractivity contribution in [1.29, 1.82) is 0 Å². The maximum Gasteiger partial charge on any atom is 2.00 e. The number of hydrogen-bond donors (Lipinski definition) is 1. The fourth-order valence-corrected chi connectivity index (χ4v) is 0.226. The number of carbonyl (C=O) groups excluding carboxylic acids is 1. The van der Waals surface area contributed by atoms with Gasteiger partial charge in [-0.3, -0.25) is 14.9 Å². The summed E-state index contributed by atoms with van der Waals surface area (Å²) in [6, 6.07) is 0. The zero-order valence-corrected chi connectivity index (χ0v) is 5.52. The average molecular weight is 180 g/mol. The van der Waals surface area contributed by atoms with E-state index in [9.17, 15) is 14.9 Å². The van der Waals surface area contributed by atoms with Gasteiger partial charge in [0.2, 0.25) is 0 Å². The van der Waals surface area contributed by atoms with E-state index < -0.39 is 16.6 Å². The van der Waals surface area contributed by atoms with E-state index in [-0.39, 0.29) is 16.5 Å². The number of nitro groups is 1. The van der Waals surface area contributed by atoms with Crippen LogP contribution in [0.1, 0.15) is 0 Å². The van der Waals surface area contributed by atoms with Crippen molar-refractivity contribution in [2.24, 2.45) is 0 Å². The minimum absolute atomic E-state index is 0. The molecule has 4 nitrogen and oxygen atoms in total. The second kappa shape index (κ2) is 5.06. The SMILES string of the molecule is O=C(S)C[N+](=O)[O-].[Ni+2]. The Balaban J connectivity index is 0. The summed E-state index contributed by atoms with van der Waals surface area (Å²) in [4.78, 5) is 18.3. The van der Waals surface area contributed by atoms with Crippen LogP contribution in [0.25, 0.3) is 0 Å². The maximum absolute atomic E-state index is 9.68. The minimum Gasteiger partial charge on any atom is -0.280 e. The van der Waals surface area contributed by atoms with E-state index in [1.165, 1.54) is 0 Å². The third kappa shape index (κ3) is 9.32. The molecule has 0 spiro atoms. The molecule has 0 saturated heterocycles. The van der Waals surface area contributed by atoms with Crippen LogP contribution in [-0.4, -0.2) is 16.6 Å². The van der Waals surface area contributed by atoms with Crippen molar-refractivity contribution in [3.63, 3.8) is 0 Å². The first-order valence-corrected chi connectivity index (χ1v) is 1.91. The van der Waals surface area contributed by atoms with Gasteiger partial charge in [-0.1, -0.05) is 12.6 Å². The molecule has 0 radical (unpaired) electrons. The summed E-state index contributed by atoms with van der Waals surface area (Å²) in [5, 5.41) is 8.63. The predicted molar refractivity (Wildman–Crippen MR) is 25.9 cm³/mol. The Kier molecular flexibility index (Phi) is 6.84. The van der Waals surface area contributed by atoms with Crippen LogP contribution in [0.15, 0.2) is 0 Å². The number of thiol groups is 1. The molecule has 0 amide bonds. The normalized spacial score (nSPS) is 7.12. The van der Waals surface area contributed by atoms with Crippen molar-refractivity contribution in [1.82, 2.24) is 0 Å². The van der Waals surface area contributed by atoms with E-state index in [1.807, 2.05) is 0 Å². The van der Waals surface area contributed by atoms with Crippen molar-refractivity contribution >= 4 is 17.7 Å². The van der Waals surface area contributed by atoms with Crippen molar-refractivity contribution in [3.05, 3.63) is 10.1 Å². The van der Waals surface area contributed by atoms with Crippen molar-refractivity contribution < 1.29 is 26.2 Å². The van der Waals surface area contributed by atoms with Gasteiger partial charge in [-0.05, 0) is 0 Å². The van der Waals surface area contributed by atoms with E-state index in [2.05, 4.69) is 12.6 Å². The Morgan fingerprint density at radius 2 is 2.12 bits per heavy atom. The second-order valence-electron chi connectivity index (χ2n) is 0.885. The number of rotatable bonds is 2. The first-order valence-electron chi connectivity index (χ1n) is 1.46. The largest absolute Gasteiger partial charge is 2.00 e. The number of nitrogens with zero attached hydrogens (tertiary/aromatic N) is 1. The molecular formula is C2H3NNiO3S+2. The topological polar surface area (TPSA) is 60.2 Å². The first-order chi connectivity index (χ1) is 3.13. The summed E-state index contributed by atoms with van der Waals surface area (Å²) in [7, 11) is 0. The molecule has 48 valence electrons. The van der Waals surface area contributed by atoms with Gasteiger partial charge in [-0.25, -0.2) is 0 Å². The molecule has 0 unspecified atom stereocenters. The Labute approximate surface area is 61.1 Å². The molecule has 0 fully saturated rings. The van der Waals surface area contributed by atoms with E-state index in [1.54, 1.807) is 0 Å². The molecule has 0 bridgehead atoms. The summed E-state index contributed by atoms with van der Waals surface area (Å²) in [6.07, 6.45) is 0. The quantitative estimate of drug-likeness (QED) is 0.275. The molecule has 0 saturated carbocycles. The van der Waals surface area contributed by atoms with Crippen molar-refractivity contribution in [2.75, 3.05) is 6.54 Å². The molecule has 8 heavy (non-hydrogen) atoms. The molecule has 0 aromatic carbocycles. The predicted octanol–water partition coefficient (Wildman–Crippen LogP) is -0.283. The monoisotopic (exact) mass is 179 g/mol. The van der Waals surface area contributed by atoms with Crippen molar-refractivity contribution in [3.8, 4) is 0 Å². The third-order valence-corrected chi connectivity index (χ3v) is 0.406. The van der Waals surface area contributed by atoms with Gasteiger partial charge in [0, 0.05) is 4.92 Å². The molecule has 0 atom stereocenters. The smallest absolute Gasteiger partial charge is 0.280 e. The molecule has 0 aliphatic heterocycles. The zero-order chi connectivity index (χ0) is 5.86. The molecule has 0 heterocycles. The van der Waals surface area contributed by atoms with E-state index in [4.69, 9.17) is 0 Å². The Hall–Kier alpha value is -0.0865. The van der Waals surface area contributed by atoms with E-state index in [0.29, 0.717) is 0 Å². The van der Waals surface area contributed by atoms with Gasteiger partial charge < -0.3 is 0 Å². The van der Waals surface area contributed by atoms with Crippen LogP contribution in [0.2, 0.25) is 0 Å². The average Bonchev–Trinajstić information content (AvgIpc) is 1.27. The van der Waals surface area contributed by atoms with Gasteiger partial charge in [0.15, 0.2) is 0 Å². The van der Waals surface area contributed by atoms with Crippen LogP contribution in [0.4, 0.5) is 0 Å². The molecule has 6 heteroatoms. The fourth-order valence-electron chi connectivity index (χ4n) is 0.110. The molecular weight excluding hydrogens is 177 g/mol. The van der Waals surface area contributed by atoms with Crippen molar-refractivity contribution in [2.45, 2.75) is 0 Å². The maximum atomic E-state index is 9.68. The number of hydrogen-bond acceptors (Lipinski definition) is 3. The summed E-state index contributed by atoms with van der Waals surface area (Å²) in [5.41, 5.74) is 0. The Morgan fingerprint density at radius 3 is 2.12 bits per heavy atom. The van der Waals surface area contributed by atoms with Crippen LogP contribution in [0, 0.1) is 10.1 Å². The van der Waals surface area contributed by atoms with Gasteiger partial charge in [-0.2, -0.15) is 0 Å². The minimum atomic E-state index is -0.727. The molecule has 0 aliphatic rings. The Bertz CT molecular complexity index is 93.5. The van der Waals surface area contributed by atoms with Crippen LogP contribution in [-0.2, 0) is 21.3 Å². The number of carbonyl (C=O) groups is 1. The van der Waals surface area contributed by atoms with Gasteiger partial charge in [0.25, 0.3) is 11.7 Å². The Morgan fingerprint density at radius 1 is 1.75 bits per heavy atom. The van der Waals surface area contributed by atoms with Crippen LogP contribution < -0.4 is 0 Å². The second-order valence-corrected chi connectivity index (χ2v) is 1.38. The zero-order valence-electron chi connectivity index (χ0n) is 3.64. The van der Waals surface area contributed by atoms with E-state index >= 15 is 0 Å². The standard InChI is InChI=1S/C2H3NO3S.Ni/c4-2(7)1-3(5)6;/h1H2,(H,4,7);/q;+2. The fraction of sp³-hybridized carbons (Fsp3) is 0.500. The van der Waals surface area contributed by atoms with Crippen LogP contribution in [0.3, 0.4) is 0 Å². The summed E-state index contributed by atoms with van der Waals surface area (Å²) >= 11 is 3.16. The first kappa shape index (κ1) is 10.8.